The van der Waals surface area contributed by atoms with Crippen molar-refractivity contribution >= 4 is 23.3 Å². The van der Waals surface area contributed by atoms with Crippen molar-refractivity contribution in [3.63, 3.8) is 0 Å². The van der Waals surface area contributed by atoms with Crippen LogP contribution in [0.15, 0.2) is 54.6 Å². The fourth-order valence-corrected chi connectivity index (χ4v) is 3.62. The van der Waals surface area contributed by atoms with E-state index in [0.717, 1.165) is 28.2 Å². The van der Waals surface area contributed by atoms with Crippen molar-refractivity contribution < 1.29 is 0 Å². The zero-order valence-corrected chi connectivity index (χ0v) is 17.8. The molecular formula is C25H25ClN2. The van der Waals surface area contributed by atoms with Gasteiger partial charge in [-0.25, -0.2) is 0 Å². The van der Waals surface area contributed by atoms with E-state index in [4.69, 9.17) is 11.6 Å². The lowest BCUT2D eigenvalue weighted by Gasteiger charge is -2.20. The van der Waals surface area contributed by atoms with E-state index in [-0.39, 0.29) is 5.41 Å². The van der Waals surface area contributed by atoms with Crippen LogP contribution in [-0.4, -0.2) is 4.57 Å². The van der Waals surface area contributed by atoms with Gasteiger partial charge in [0.1, 0.15) is 0 Å². The number of benzene rings is 2. The van der Waals surface area contributed by atoms with Crippen LogP contribution in [0.5, 0.6) is 0 Å². The number of hydrogen-bond acceptors (Lipinski definition) is 1. The van der Waals surface area contributed by atoms with Gasteiger partial charge in [-0.3, -0.25) is 0 Å². The van der Waals surface area contributed by atoms with E-state index in [1.165, 1.54) is 5.56 Å². The molecule has 0 amide bonds. The Kier molecular flexibility index (Phi) is 5.49. The van der Waals surface area contributed by atoms with Crippen molar-refractivity contribution in [1.29, 1.82) is 5.26 Å². The molecule has 2 nitrogen and oxygen atoms in total. The molecular weight excluding hydrogens is 364 g/mol. The van der Waals surface area contributed by atoms with E-state index >= 15 is 0 Å². The summed E-state index contributed by atoms with van der Waals surface area (Å²) < 4.78 is 2.23. The zero-order valence-electron chi connectivity index (χ0n) is 17.0. The Hall–Kier alpha value is -2.76. The van der Waals surface area contributed by atoms with Gasteiger partial charge in [-0.2, -0.15) is 5.26 Å². The average molecular weight is 389 g/mol. The molecule has 3 heteroatoms. The van der Waals surface area contributed by atoms with Gasteiger partial charge >= 0.3 is 0 Å². The number of aryl methyl sites for hydroxylation is 1. The molecule has 0 N–H and O–H groups in total. The van der Waals surface area contributed by atoms with E-state index in [0.29, 0.717) is 10.6 Å². The lowest BCUT2D eigenvalue weighted by atomic mass is 9.87. The van der Waals surface area contributed by atoms with Crippen molar-refractivity contribution in [3.05, 3.63) is 87.7 Å². The average Bonchev–Trinajstić information content (AvgIpc) is 2.92. The monoisotopic (exact) mass is 388 g/mol. The summed E-state index contributed by atoms with van der Waals surface area (Å²) in [6.07, 6.45) is 1.94. The van der Waals surface area contributed by atoms with E-state index in [1.807, 2.05) is 30.3 Å². The number of nitrogens with zero attached hydrogens (tertiary/aromatic N) is 2. The second kappa shape index (κ2) is 7.70. The van der Waals surface area contributed by atoms with Crippen molar-refractivity contribution in [2.45, 2.75) is 40.0 Å². The maximum Gasteiger partial charge on any atom is 0.0998 e. The first-order valence-electron chi connectivity index (χ1n) is 9.38. The molecule has 0 aliphatic heterocycles. The van der Waals surface area contributed by atoms with Crippen LogP contribution in [0.1, 0.15) is 48.8 Å². The Balaban J connectivity index is 2.04. The van der Waals surface area contributed by atoms with Gasteiger partial charge in [0.2, 0.25) is 0 Å². The number of nitriles is 1. The smallest absolute Gasteiger partial charge is 0.0998 e. The highest BCUT2D eigenvalue weighted by Crippen LogP contribution is 2.28. The SMILES string of the molecule is Cc1cc(C=C(C#N)c2cccc(Cl)c2)c(C)n1-c1ccc(C(C)(C)C)cc1. The first-order valence-corrected chi connectivity index (χ1v) is 9.76. The molecule has 0 unspecified atom stereocenters. The minimum absolute atomic E-state index is 0.131. The van der Waals surface area contributed by atoms with Crippen LogP contribution >= 0.6 is 11.6 Å². The van der Waals surface area contributed by atoms with Crippen molar-refractivity contribution in [2.75, 3.05) is 0 Å². The summed E-state index contributed by atoms with van der Waals surface area (Å²) in [6.45, 7) is 10.8. The summed E-state index contributed by atoms with van der Waals surface area (Å²) in [5.74, 6) is 0. The van der Waals surface area contributed by atoms with Crippen LogP contribution in [-0.2, 0) is 5.41 Å². The zero-order chi connectivity index (χ0) is 20.5. The first-order chi connectivity index (χ1) is 13.2. The summed E-state index contributed by atoms with van der Waals surface area (Å²) in [6, 6.07) is 20.5. The minimum atomic E-state index is 0.131. The van der Waals surface area contributed by atoms with Crippen LogP contribution < -0.4 is 0 Å². The van der Waals surface area contributed by atoms with Gasteiger partial charge in [0, 0.05) is 22.1 Å². The highest BCUT2D eigenvalue weighted by molar-refractivity contribution is 6.30. The summed E-state index contributed by atoms with van der Waals surface area (Å²) in [5, 5.41) is 10.3. The lowest BCUT2D eigenvalue weighted by Crippen LogP contribution is -2.11. The van der Waals surface area contributed by atoms with Crippen molar-refractivity contribution in [3.8, 4) is 11.8 Å². The van der Waals surface area contributed by atoms with Crippen LogP contribution in [0.3, 0.4) is 0 Å². The molecule has 0 atom stereocenters. The van der Waals surface area contributed by atoms with Crippen molar-refractivity contribution in [2.24, 2.45) is 0 Å². The Labute approximate surface area is 172 Å². The molecule has 0 bridgehead atoms. The third-order valence-electron chi connectivity index (χ3n) is 5.02. The number of rotatable bonds is 3. The summed E-state index contributed by atoms with van der Waals surface area (Å²) >= 11 is 6.09. The van der Waals surface area contributed by atoms with E-state index in [9.17, 15) is 5.26 Å². The minimum Gasteiger partial charge on any atom is -0.318 e. The van der Waals surface area contributed by atoms with Crippen LogP contribution in [0.25, 0.3) is 17.3 Å². The molecule has 0 saturated heterocycles. The molecule has 0 radical (unpaired) electrons. The van der Waals surface area contributed by atoms with Gasteiger partial charge in [-0.1, -0.05) is 56.6 Å². The van der Waals surface area contributed by atoms with E-state index in [1.54, 1.807) is 0 Å². The second-order valence-electron chi connectivity index (χ2n) is 8.14. The predicted octanol–water partition coefficient (Wildman–Crippen LogP) is 7.11. The predicted molar refractivity (Wildman–Crippen MR) is 119 cm³/mol. The first kappa shape index (κ1) is 20.0. The number of allylic oxidation sites excluding steroid dienone is 1. The standard InChI is InChI=1S/C25H25ClN2/c1-17-13-20(14-21(16-27)19-7-6-8-23(26)15-19)18(2)28(17)24-11-9-22(10-12-24)25(3,4)5/h6-15H,1-5H3. The van der Waals surface area contributed by atoms with Gasteiger partial charge in [0.05, 0.1) is 11.6 Å². The Morgan fingerprint density at radius 3 is 2.29 bits per heavy atom. The number of hydrogen-bond donors (Lipinski definition) is 0. The van der Waals surface area contributed by atoms with Crippen LogP contribution in [0.2, 0.25) is 5.02 Å². The topological polar surface area (TPSA) is 28.7 Å². The molecule has 1 heterocycles. The van der Waals surface area contributed by atoms with E-state index in [2.05, 4.69) is 75.6 Å². The van der Waals surface area contributed by atoms with Gasteiger partial charge in [0.25, 0.3) is 0 Å². The molecule has 1 aromatic heterocycles. The van der Waals surface area contributed by atoms with Crippen LogP contribution in [0.4, 0.5) is 0 Å². The summed E-state index contributed by atoms with van der Waals surface area (Å²) in [4.78, 5) is 0. The Morgan fingerprint density at radius 1 is 1.04 bits per heavy atom. The Bertz CT molecular complexity index is 1070. The maximum absolute atomic E-state index is 9.65. The quantitative estimate of drug-likeness (QED) is 0.439. The number of aromatic nitrogens is 1. The molecule has 0 spiro atoms. The number of halogens is 1. The van der Waals surface area contributed by atoms with Gasteiger partial charge in [-0.15, -0.1) is 0 Å². The molecule has 2 aromatic carbocycles. The van der Waals surface area contributed by atoms with Gasteiger partial charge in [0.15, 0.2) is 0 Å². The third-order valence-corrected chi connectivity index (χ3v) is 5.25. The molecule has 142 valence electrons. The molecule has 0 fully saturated rings. The fourth-order valence-electron chi connectivity index (χ4n) is 3.43. The highest BCUT2D eigenvalue weighted by atomic mass is 35.5. The summed E-state index contributed by atoms with van der Waals surface area (Å²) in [7, 11) is 0. The van der Waals surface area contributed by atoms with Crippen molar-refractivity contribution in [1.82, 2.24) is 4.57 Å². The fraction of sp³-hybridized carbons (Fsp3) is 0.240. The molecule has 0 aliphatic rings. The maximum atomic E-state index is 9.65. The Morgan fingerprint density at radius 2 is 1.71 bits per heavy atom. The summed E-state index contributed by atoms with van der Waals surface area (Å²) in [5.41, 5.74) is 7.28. The molecule has 28 heavy (non-hydrogen) atoms. The molecule has 0 aliphatic carbocycles. The lowest BCUT2D eigenvalue weighted by molar-refractivity contribution is 0.590. The third kappa shape index (κ3) is 4.06. The van der Waals surface area contributed by atoms with Gasteiger partial charge in [-0.05, 0) is 72.4 Å². The highest BCUT2D eigenvalue weighted by Gasteiger charge is 2.15. The largest absolute Gasteiger partial charge is 0.318 e. The second-order valence-corrected chi connectivity index (χ2v) is 8.58. The molecule has 0 saturated carbocycles. The van der Waals surface area contributed by atoms with Gasteiger partial charge < -0.3 is 4.57 Å². The van der Waals surface area contributed by atoms with Crippen LogP contribution in [0, 0.1) is 25.2 Å². The normalized spacial score (nSPS) is 12.1. The molecule has 3 rings (SSSR count). The van der Waals surface area contributed by atoms with E-state index < -0.39 is 0 Å². The molecule has 3 aromatic rings.